The molecule has 0 aliphatic carbocycles. The van der Waals surface area contributed by atoms with Gasteiger partial charge in [0.1, 0.15) is 5.41 Å². The normalized spacial score (nSPS) is 21.0. The maximum absolute atomic E-state index is 12.6. The number of amides is 1. The van der Waals surface area contributed by atoms with Gasteiger partial charge in [0.05, 0.1) is 0 Å². The molecule has 0 saturated heterocycles. The van der Waals surface area contributed by atoms with Crippen LogP contribution in [0.3, 0.4) is 0 Å². The molecule has 6 heteroatoms. The van der Waals surface area contributed by atoms with Gasteiger partial charge in [-0.05, 0) is 26.1 Å². The average Bonchev–Trinajstić information content (AvgIpc) is 3.02. The van der Waals surface area contributed by atoms with Crippen molar-refractivity contribution in [3.63, 3.8) is 0 Å². The summed E-state index contributed by atoms with van der Waals surface area (Å²) in [7, 11) is 3.91. The number of nitrogens with two attached hydrogens (primary N) is 1. The summed E-state index contributed by atoms with van der Waals surface area (Å²) in [5, 5.41) is 3.92. The van der Waals surface area contributed by atoms with Gasteiger partial charge in [0.2, 0.25) is 12.1 Å². The second-order valence-electron chi connectivity index (χ2n) is 5.75. The Morgan fingerprint density at radius 3 is 2.59 bits per heavy atom. The SMILES string of the molecule is CCCC(N(C)C)C(C(N)=O)(c1ccccc1)C1NN=CO1. The lowest BCUT2D eigenvalue weighted by Gasteiger charge is -2.44. The molecule has 1 amide bonds. The lowest BCUT2D eigenvalue weighted by molar-refractivity contribution is -0.132. The Hall–Kier alpha value is -2.08. The smallest absolute Gasteiger partial charge is 0.235 e. The van der Waals surface area contributed by atoms with Crippen LogP contribution in [-0.4, -0.2) is 43.6 Å². The number of ether oxygens (including phenoxy) is 1. The summed E-state index contributed by atoms with van der Waals surface area (Å²) in [4.78, 5) is 14.7. The number of carbonyl (C=O) groups excluding carboxylic acids is 1. The molecule has 0 aromatic heterocycles. The van der Waals surface area contributed by atoms with Crippen molar-refractivity contribution in [2.75, 3.05) is 14.1 Å². The van der Waals surface area contributed by atoms with Crippen LogP contribution in [0, 0.1) is 0 Å². The molecule has 2 rings (SSSR count). The summed E-state index contributed by atoms with van der Waals surface area (Å²) in [6.45, 7) is 2.09. The van der Waals surface area contributed by atoms with Crippen LogP contribution >= 0.6 is 0 Å². The number of nitrogens with zero attached hydrogens (tertiary/aromatic N) is 2. The molecular weight excluding hydrogens is 280 g/mol. The number of primary amides is 1. The molecule has 1 aliphatic rings. The molecule has 3 atom stereocenters. The predicted molar refractivity (Wildman–Crippen MR) is 86.2 cm³/mol. The molecule has 3 unspecified atom stereocenters. The number of likely N-dealkylation sites (N-methyl/N-ethyl adjacent to an activating group) is 1. The number of hydrazone groups is 1. The van der Waals surface area contributed by atoms with E-state index >= 15 is 0 Å². The number of nitrogens with one attached hydrogen (secondary N) is 1. The van der Waals surface area contributed by atoms with Crippen molar-refractivity contribution in [1.82, 2.24) is 10.3 Å². The summed E-state index contributed by atoms with van der Waals surface area (Å²) < 4.78 is 5.58. The Labute approximate surface area is 131 Å². The Bertz CT molecular complexity index is 524. The fourth-order valence-corrected chi connectivity index (χ4v) is 3.26. The maximum atomic E-state index is 12.6. The van der Waals surface area contributed by atoms with E-state index in [1.54, 1.807) is 0 Å². The predicted octanol–water partition coefficient (Wildman–Crippen LogP) is 1.03. The van der Waals surface area contributed by atoms with Gasteiger partial charge in [0.25, 0.3) is 0 Å². The van der Waals surface area contributed by atoms with Gasteiger partial charge in [-0.1, -0.05) is 43.7 Å². The van der Waals surface area contributed by atoms with Crippen molar-refractivity contribution in [3.05, 3.63) is 35.9 Å². The lowest BCUT2D eigenvalue weighted by Crippen LogP contribution is -2.64. The van der Waals surface area contributed by atoms with E-state index in [2.05, 4.69) is 17.5 Å². The molecule has 0 saturated carbocycles. The third kappa shape index (κ3) is 2.66. The summed E-state index contributed by atoms with van der Waals surface area (Å²) >= 11 is 0. The van der Waals surface area contributed by atoms with Gasteiger partial charge in [-0.3, -0.25) is 10.2 Å². The molecule has 120 valence electrons. The van der Waals surface area contributed by atoms with Gasteiger partial charge in [-0.2, -0.15) is 0 Å². The van der Waals surface area contributed by atoms with Crippen LogP contribution < -0.4 is 11.2 Å². The fourth-order valence-electron chi connectivity index (χ4n) is 3.26. The van der Waals surface area contributed by atoms with E-state index in [0.29, 0.717) is 0 Å². The number of carbonyl (C=O) groups is 1. The zero-order chi connectivity index (χ0) is 16.2. The van der Waals surface area contributed by atoms with Crippen LogP contribution in [0.25, 0.3) is 0 Å². The molecule has 0 bridgehead atoms. The van der Waals surface area contributed by atoms with Crippen LogP contribution in [-0.2, 0) is 14.9 Å². The summed E-state index contributed by atoms with van der Waals surface area (Å²) in [6.07, 6.45) is 2.44. The first-order valence-electron chi connectivity index (χ1n) is 7.49. The first-order valence-corrected chi connectivity index (χ1v) is 7.49. The standard InChI is InChI=1S/C16H24N4O2/c1-4-8-13(20(2)3)16(14(17)21,15-19-18-11-22-15)12-9-6-5-7-10-12/h5-7,9-11,13,15,19H,4,8H2,1-3H3,(H2,17,21). The van der Waals surface area contributed by atoms with Crippen molar-refractivity contribution in [3.8, 4) is 0 Å². The third-order valence-corrected chi connectivity index (χ3v) is 4.23. The highest BCUT2D eigenvalue weighted by atomic mass is 16.5. The average molecular weight is 304 g/mol. The number of benzene rings is 1. The van der Waals surface area contributed by atoms with Crippen LogP contribution in [0.2, 0.25) is 0 Å². The van der Waals surface area contributed by atoms with Crippen molar-refractivity contribution in [2.24, 2.45) is 10.8 Å². The zero-order valence-electron chi connectivity index (χ0n) is 13.3. The highest BCUT2D eigenvalue weighted by molar-refractivity contribution is 5.89. The van der Waals surface area contributed by atoms with E-state index in [9.17, 15) is 4.79 Å². The summed E-state index contributed by atoms with van der Waals surface area (Å²) in [5.41, 5.74) is 8.60. The lowest BCUT2D eigenvalue weighted by atomic mass is 9.69. The number of hydrogen-bond donors (Lipinski definition) is 2. The minimum atomic E-state index is -1.03. The summed E-state index contributed by atoms with van der Waals surface area (Å²) in [5.74, 6) is -0.422. The first kappa shape index (κ1) is 16.3. The van der Waals surface area contributed by atoms with Crippen molar-refractivity contribution in [1.29, 1.82) is 0 Å². The molecule has 22 heavy (non-hydrogen) atoms. The van der Waals surface area contributed by atoms with Gasteiger partial charge >= 0.3 is 0 Å². The van der Waals surface area contributed by atoms with Gasteiger partial charge in [0.15, 0.2) is 6.40 Å². The number of rotatable bonds is 7. The van der Waals surface area contributed by atoms with Crippen molar-refractivity contribution < 1.29 is 9.53 Å². The highest BCUT2D eigenvalue weighted by Gasteiger charge is 2.55. The molecule has 0 fully saturated rings. The molecule has 0 radical (unpaired) electrons. The van der Waals surface area contributed by atoms with E-state index in [4.69, 9.17) is 10.5 Å². The van der Waals surface area contributed by atoms with E-state index in [-0.39, 0.29) is 6.04 Å². The molecule has 6 nitrogen and oxygen atoms in total. The second-order valence-corrected chi connectivity index (χ2v) is 5.75. The van der Waals surface area contributed by atoms with Gasteiger partial charge in [-0.25, -0.2) is 0 Å². The van der Waals surface area contributed by atoms with Crippen LogP contribution in [0.5, 0.6) is 0 Å². The monoisotopic (exact) mass is 304 g/mol. The molecule has 0 spiro atoms. The minimum absolute atomic E-state index is 0.114. The minimum Gasteiger partial charge on any atom is -0.456 e. The topological polar surface area (TPSA) is 80.0 Å². The van der Waals surface area contributed by atoms with Gasteiger partial charge in [-0.15, -0.1) is 5.10 Å². The molecule has 3 N–H and O–H groups in total. The van der Waals surface area contributed by atoms with Crippen LogP contribution in [0.4, 0.5) is 0 Å². The molecule has 1 aromatic carbocycles. The Balaban J connectivity index is 2.61. The van der Waals surface area contributed by atoms with Crippen molar-refractivity contribution >= 4 is 12.3 Å². The maximum Gasteiger partial charge on any atom is 0.235 e. The van der Waals surface area contributed by atoms with Gasteiger partial charge < -0.3 is 15.4 Å². The third-order valence-electron chi connectivity index (χ3n) is 4.23. The Morgan fingerprint density at radius 1 is 1.45 bits per heavy atom. The van der Waals surface area contributed by atoms with Crippen LogP contribution in [0.1, 0.15) is 25.3 Å². The van der Waals surface area contributed by atoms with Gasteiger partial charge in [0, 0.05) is 6.04 Å². The quantitative estimate of drug-likeness (QED) is 0.788. The van der Waals surface area contributed by atoms with Crippen molar-refractivity contribution in [2.45, 2.75) is 37.5 Å². The van der Waals surface area contributed by atoms with Crippen LogP contribution in [0.15, 0.2) is 35.4 Å². The Morgan fingerprint density at radius 2 is 2.14 bits per heavy atom. The largest absolute Gasteiger partial charge is 0.456 e. The first-order chi connectivity index (χ1) is 10.5. The second kappa shape index (κ2) is 6.79. The molecule has 1 aliphatic heterocycles. The van der Waals surface area contributed by atoms with E-state index in [0.717, 1.165) is 18.4 Å². The number of hydrogen-bond acceptors (Lipinski definition) is 5. The fraction of sp³-hybridized carbons (Fsp3) is 0.500. The van der Waals surface area contributed by atoms with E-state index in [1.165, 1.54) is 6.40 Å². The molecular formula is C16H24N4O2. The highest BCUT2D eigenvalue weighted by Crippen LogP contribution is 2.37. The molecule has 1 heterocycles. The molecule has 1 aromatic rings. The van der Waals surface area contributed by atoms with E-state index < -0.39 is 17.6 Å². The Kier molecular flexibility index (Phi) is 5.03. The van der Waals surface area contributed by atoms with E-state index in [1.807, 2.05) is 49.3 Å². The summed E-state index contributed by atoms with van der Waals surface area (Å²) in [6, 6.07) is 9.44. The zero-order valence-corrected chi connectivity index (χ0v) is 13.3.